The van der Waals surface area contributed by atoms with E-state index in [9.17, 15) is 4.79 Å². The van der Waals surface area contributed by atoms with Gasteiger partial charge in [0.05, 0.1) is 16.3 Å². The number of carbonyl (C=O) groups is 1. The van der Waals surface area contributed by atoms with Crippen LogP contribution in [0, 0.1) is 0 Å². The summed E-state index contributed by atoms with van der Waals surface area (Å²) in [5, 5.41) is 3.07. The summed E-state index contributed by atoms with van der Waals surface area (Å²) in [6, 6.07) is 10.2. The summed E-state index contributed by atoms with van der Waals surface area (Å²) in [4.78, 5) is 14.7. The molecule has 2 nitrogen and oxygen atoms in total. The van der Waals surface area contributed by atoms with Gasteiger partial charge >= 0.3 is 0 Å². The van der Waals surface area contributed by atoms with E-state index >= 15 is 0 Å². The predicted molar refractivity (Wildman–Crippen MR) is 86.3 cm³/mol. The number of nitrogens with one attached hydrogen (secondary N) is 1. The van der Waals surface area contributed by atoms with Crippen LogP contribution in [-0.2, 0) is 19.3 Å². The summed E-state index contributed by atoms with van der Waals surface area (Å²) < 4.78 is 0. The van der Waals surface area contributed by atoms with Gasteiger partial charge in [0, 0.05) is 4.88 Å². The van der Waals surface area contributed by atoms with Crippen LogP contribution in [0.1, 0.15) is 43.7 Å². The molecule has 2 aliphatic rings. The molecular formula is C17H16ClNOS. The Kier molecular flexibility index (Phi) is 3.27. The van der Waals surface area contributed by atoms with Gasteiger partial charge in [0.25, 0.3) is 5.91 Å². The number of rotatable bonds is 2. The molecule has 0 radical (unpaired) electrons. The van der Waals surface area contributed by atoms with E-state index < -0.39 is 0 Å². The second kappa shape index (κ2) is 5.15. The molecule has 4 heteroatoms. The number of fused-ring (bicyclic) bond motifs is 2. The Labute approximate surface area is 133 Å². The number of thiophene rings is 1. The van der Waals surface area contributed by atoms with Gasteiger partial charge in [0.2, 0.25) is 0 Å². The van der Waals surface area contributed by atoms with Gasteiger partial charge in [-0.1, -0.05) is 24.3 Å². The maximum Gasteiger partial charge on any atom is 0.261 e. The van der Waals surface area contributed by atoms with Crippen molar-refractivity contribution in [3.8, 4) is 0 Å². The van der Waals surface area contributed by atoms with Gasteiger partial charge < -0.3 is 5.32 Å². The lowest BCUT2D eigenvalue weighted by atomic mass is 10.1. The van der Waals surface area contributed by atoms with E-state index in [1.54, 1.807) is 11.3 Å². The number of amides is 1. The lowest BCUT2D eigenvalue weighted by Crippen LogP contribution is -2.31. The molecule has 1 amide bonds. The van der Waals surface area contributed by atoms with E-state index in [1.165, 1.54) is 22.4 Å². The molecule has 0 saturated heterocycles. The minimum absolute atomic E-state index is 0.0155. The van der Waals surface area contributed by atoms with Crippen molar-refractivity contribution in [3.63, 3.8) is 0 Å². The monoisotopic (exact) mass is 317 g/mol. The van der Waals surface area contributed by atoms with E-state index in [0.29, 0.717) is 0 Å². The molecule has 2 unspecified atom stereocenters. The van der Waals surface area contributed by atoms with Crippen LogP contribution in [0.5, 0.6) is 0 Å². The Morgan fingerprint density at radius 3 is 2.95 bits per heavy atom. The first-order valence-corrected chi connectivity index (χ1v) is 8.62. The highest BCUT2D eigenvalue weighted by Crippen LogP contribution is 2.36. The first-order valence-electron chi connectivity index (χ1n) is 7.36. The first kappa shape index (κ1) is 13.4. The zero-order valence-electron chi connectivity index (χ0n) is 11.6. The maximum absolute atomic E-state index is 12.5. The highest BCUT2D eigenvalue weighted by molar-refractivity contribution is 7.14. The van der Waals surface area contributed by atoms with Crippen LogP contribution in [0.15, 0.2) is 30.3 Å². The molecule has 0 spiro atoms. The molecule has 0 fully saturated rings. The Balaban J connectivity index is 1.56. The largest absolute Gasteiger partial charge is 0.343 e. The highest BCUT2D eigenvalue weighted by atomic mass is 35.5. The topological polar surface area (TPSA) is 29.1 Å². The Bertz CT molecular complexity index is 687. The molecule has 21 heavy (non-hydrogen) atoms. The fourth-order valence-electron chi connectivity index (χ4n) is 3.37. The van der Waals surface area contributed by atoms with Crippen LogP contribution in [-0.4, -0.2) is 11.3 Å². The van der Waals surface area contributed by atoms with Gasteiger partial charge in [-0.3, -0.25) is 4.79 Å². The Morgan fingerprint density at radius 1 is 1.24 bits per heavy atom. The quantitative estimate of drug-likeness (QED) is 0.837. The Morgan fingerprint density at radius 2 is 2.10 bits per heavy atom. The van der Waals surface area contributed by atoms with Crippen molar-refractivity contribution < 1.29 is 4.79 Å². The lowest BCUT2D eigenvalue weighted by Gasteiger charge is -2.16. The predicted octanol–water partition coefficient (Wildman–Crippen LogP) is 3.87. The molecular weight excluding hydrogens is 302 g/mol. The third-order valence-corrected chi connectivity index (χ3v) is 6.07. The highest BCUT2D eigenvalue weighted by Gasteiger charge is 2.32. The molecule has 2 aromatic rings. The van der Waals surface area contributed by atoms with Gasteiger partial charge in [-0.15, -0.1) is 22.9 Å². The fraction of sp³-hybridized carbons (Fsp3) is 0.353. The Hall–Kier alpha value is -1.32. The molecule has 1 heterocycles. The van der Waals surface area contributed by atoms with Gasteiger partial charge in [0.15, 0.2) is 0 Å². The van der Waals surface area contributed by atoms with Gasteiger partial charge in [0.1, 0.15) is 0 Å². The van der Waals surface area contributed by atoms with Crippen LogP contribution < -0.4 is 5.32 Å². The first-order chi connectivity index (χ1) is 10.2. The lowest BCUT2D eigenvalue weighted by molar-refractivity contribution is 0.0941. The van der Waals surface area contributed by atoms with Crippen molar-refractivity contribution in [2.75, 3.05) is 0 Å². The molecule has 2 aliphatic carbocycles. The summed E-state index contributed by atoms with van der Waals surface area (Å²) in [7, 11) is 0. The van der Waals surface area contributed by atoms with Crippen molar-refractivity contribution in [2.45, 2.75) is 37.1 Å². The number of benzene rings is 1. The van der Waals surface area contributed by atoms with Crippen LogP contribution in [0.4, 0.5) is 0 Å². The summed E-state index contributed by atoms with van der Waals surface area (Å²) in [6.45, 7) is 0. The van der Waals surface area contributed by atoms with Crippen molar-refractivity contribution in [1.29, 1.82) is 0 Å². The number of aryl methyl sites for hydroxylation is 2. The van der Waals surface area contributed by atoms with Gasteiger partial charge in [-0.2, -0.15) is 0 Å². The molecule has 2 atom stereocenters. The standard InChI is InChI=1S/C17H16ClNOS/c18-13-8-10-4-1-2-6-12(10)16(13)19-17(20)15-9-11-5-3-7-14(11)21-15/h1-2,4,6,9,13,16H,3,5,7-8H2,(H,19,20). The zero-order chi connectivity index (χ0) is 14.4. The average Bonchev–Trinajstić information content (AvgIpc) is 3.12. The van der Waals surface area contributed by atoms with Crippen LogP contribution >= 0.6 is 22.9 Å². The van der Waals surface area contributed by atoms with Crippen LogP contribution in [0.25, 0.3) is 0 Å². The smallest absolute Gasteiger partial charge is 0.261 e. The van der Waals surface area contributed by atoms with E-state index in [-0.39, 0.29) is 17.3 Å². The number of halogens is 1. The minimum Gasteiger partial charge on any atom is -0.343 e. The molecule has 108 valence electrons. The van der Waals surface area contributed by atoms with Crippen molar-refractivity contribution in [3.05, 3.63) is 56.8 Å². The third kappa shape index (κ3) is 2.29. The molecule has 1 aromatic heterocycles. The maximum atomic E-state index is 12.5. The summed E-state index contributed by atoms with van der Waals surface area (Å²) >= 11 is 8.08. The van der Waals surface area contributed by atoms with E-state index in [1.807, 2.05) is 12.1 Å². The average molecular weight is 318 g/mol. The number of alkyl halides is 1. The number of hydrogen-bond donors (Lipinski definition) is 1. The van der Waals surface area contributed by atoms with Crippen LogP contribution in [0.2, 0.25) is 0 Å². The second-order valence-corrected chi connectivity index (χ2v) is 7.48. The third-order valence-electron chi connectivity index (χ3n) is 4.42. The zero-order valence-corrected chi connectivity index (χ0v) is 13.1. The molecule has 0 aliphatic heterocycles. The molecule has 0 bridgehead atoms. The van der Waals surface area contributed by atoms with Crippen molar-refractivity contribution in [2.24, 2.45) is 0 Å². The number of carbonyl (C=O) groups excluding carboxylic acids is 1. The van der Waals surface area contributed by atoms with Crippen LogP contribution in [0.3, 0.4) is 0 Å². The number of hydrogen-bond acceptors (Lipinski definition) is 2. The summed E-state index contributed by atoms with van der Waals surface area (Å²) in [6.07, 6.45) is 4.29. The molecule has 0 saturated carbocycles. The fourth-order valence-corrected chi connectivity index (χ4v) is 4.89. The summed E-state index contributed by atoms with van der Waals surface area (Å²) in [5.74, 6) is 0.0155. The van der Waals surface area contributed by atoms with E-state index in [2.05, 4.69) is 23.5 Å². The molecule has 4 rings (SSSR count). The van der Waals surface area contributed by atoms with Crippen molar-refractivity contribution >= 4 is 28.8 Å². The van der Waals surface area contributed by atoms with Crippen molar-refractivity contribution in [1.82, 2.24) is 5.32 Å². The van der Waals surface area contributed by atoms with E-state index in [0.717, 1.165) is 29.7 Å². The summed E-state index contributed by atoms with van der Waals surface area (Å²) in [5.41, 5.74) is 3.77. The molecule has 1 N–H and O–H groups in total. The van der Waals surface area contributed by atoms with E-state index in [4.69, 9.17) is 11.6 Å². The van der Waals surface area contributed by atoms with Gasteiger partial charge in [-0.25, -0.2) is 0 Å². The molecule has 1 aromatic carbocycles. The van der Waals surface area contributed by atoms with Gasteiger partial charge in [-0.05, 0) is 48.4 Å². The normalized spacial score (nSPS) is 22.9. The second-order valence-electron chi connectivity index (χ2n) is 5.78. The minimum atomic E-state index is -0.0766. The SMILES string of the molecule is O=C(NC1c2ccccc2CC1Cl)c1cc2c(s1)CCC2.